The minimum absolute atomic E-state index is 0.0764. The Morgan fingerprint density at radius 2 is 2.00 bits per heavy atom. The molecule has 1 fully saturated rings. The number of anilines is 1. The molecule has 1 aliphatic carbocycles. The predicted octanol–water partition coefficient (Wildman–Crippen LogP) is 4.88. The zero-order valence-corrected chi connectivity index (χ0v) is 18.1. The van der Waals surface area contributed by atoms with Gasteiger partial charge in [-0.15, -0.1) is 0 Å². The molecule has 2 aromatic rings. The Morgan fingerprint density at radius 1 is 1.28 bits per heavy atom. The molecular formula is C22H30ClN3O3. The Kier molecular flexibility index (Phi) is 6.85. The Hall–Kier alpha value is -2.05. The SMILES string of the molecule is CC(C)(C)OC(=O)NC[C@H]1CC[C@H](Nc2c(CO)cnc3ccc(Cl)cc23)CC1. The molecule has 0 spiro atoms. The lowest BCUT2D eigenvalue weighted by Crippen LogP contribution is -2.37. The highest BCUT2D eigenvalue weighted by molar-refractivity contribution is 6.31. The Morgan fingerprint density at radius 3 is 2.66 bits per heavy atom. The molecule has 1 saturated carbocycles. The lowest BCUT2D eigenvalue weighted by Gasteiger charge is -2.31. The highest BCUT2D eigenvalue weighted by Crippen LogP contribution is 2.32. The van der Waals surface area contributed by atoms with Gasteiger partial charge in [0.05, 0.1) is 17.8 Å². The first kappa shape index (κ1) is 21.7. The van der Waals surface area contributed by atoms with Gasteiger partial charge in [0.1, 0.15) is 5.60 Å². The summed E-state index contributed by atoms with van der Waals surface area (Å²) >= 11 is 6.19. The Labute approximate surface area is 177 Å². The highest BCUT2D eigenvalue weighted by atomic mass is 35.5. The number of carbonyl (C=O) groups is 1. The van der Waals surface area contributed by atoms with Gasteiger partial charge in [0.15, 0.2) is 0 Å². The summed E-state index contributed by atoms with van der Waals surface area (Å²) in [6.45, 7) is 6.14. The lowest BCUT2D eigenvalue weighted by atomic mass is 9.85. The summed E-state index contributed by atoms with van der Waals surface area (Å²) in [6.07, 6.45) is 5.39. The summed E-state index contributed by atoms with van der Waals surface area (Å²) < 4.78 is 5.30. The second-order valence-electron chi connectivity index (χ2n) is 8.72. The number of halogens is 1. The molecule has 0 radical (unpaired) electrons. The van der Waals surface area contributed by atoms with Crippen LogP contribution < -0.4 is 10.6 Å². The van der Waals surface area contributed by atoms with Crippen LogP contribution in [-0.4, -0.2) is 34.4 Å². The van der Waals surface area contributed by atoms with Gasteiger partial charge in [-0.25, -0.2) is 4.79 Å². The third-order valence-electron chi connectivity index (χ3n) is 5.21. The van der Waals surface area contributed by atoms with E-state index in [9.17, 15) is 9.90 Å². The molecular weight excluding hydrogens is 390 g/mol. The number of ether oxygens (including phenoxy) is 1. The van der Waals surface area contributed by atoms with Gasteiger partial charge >= 0.3 is 6.09 Å². The van der Waals surface area contributed by atoms with Crippen molar-refractivity contribution < 1.29 is 14.6 Å². The first-order valence-corrected chi connectivity index (χ1v) is 10.5. The average molecular weight is 420 g/mol. The largest absolute Gasteiger partial charge is 0.444 e. The molecule has 29 heavy (non-hydrogen) atoms. The van der Waals surface area contributed by atoms with Crippen molar-refractivity contribution in [2.75, 3.05) is 11.9 Å². The number of rotatable bonds is 5. The zero-order valence-electron chi connectivity index (χ0n) is 17.3. The standard InChI is InChI=1S/C22H30ClN3O3/c1-22(2,3)29-21(28)25-11-14-4-7-17(8-5-14)26-20-15(13-27)12-24-19-9-6-16(23)10-18(19)20/h6,9-10,12,14,17,27H,4-5,7-8,11,13H2,1-3H3,(H,24,26)(H,25,28)/t14-,17-. The van der Waals surface area contributed by atoms with Crippen molar-refractivity contribution in [1.82, 2.24) is 10.3 Å². The molecule has 3 rings (SSSR count). The summed E-state index contributed by atoms with van der Waals surface area (Å²) in [6, 6.07) is 5.91. The van der Waals surface area contributed by atoms with Crippen LogP contribution in [-0.2, 0) is 11.3 Å². The molecule has 3 N–H and O–H groups in total. The van der Waals surface area contributed by atoms with Crippen LogP contribution in [0.15, 0.2) is 24.4 Å². The molecule has 0 saturated heterocycles. The van der Waals surface area contributed by atoms with Crippen LogP contribution in [0.25, 0.3) is 10.9 Å². The number of amides is 1. The third kappa shape index (κ3) is 5.97. The summed E-state index contributed by atoms with van der Waals surface area (Å²) in [7, 11) is 0. The summed E-state index contributed by atoms with van der Waals surface area (Å²) in [4.78, 5) is 16.3. The molecule has 1 aromatic heterocycles. The number of fused-ring (bicyclic) bond motifs is 1. The molecule has 1 aliphatic rings. The number of aliphatic hydroxyl groups is 1. The number of nitrogens with zero attached hydrogens (tertiary/aromatic N) is 1. The molecule has 7 heteroatoms. The number of aromatic nitrogens is 1. The molecule has 0 unspecified atom stereocenters. The van der Waals surface area contributed by atoms with Crippen molar-refractivity contribution in [1.29, 1.82) is 0 Å². The second kappa shape index (κ2) is 9.18. The van der Waals surface area contributed by atoms with Crippen molar-refractivity contribution >= 4 is 34.3 Å². The van der Waals surface area contributed by atoms with Gasteiger partial charge in [0, 0.05) is 34.8 Å². The van der Waals surface area contributed by atoms with E-state index in [1.807, 2.05) is 39.0 Å². The maximum Gasteiger partial charge on any atom is 0.407 e. The van der Waals surface area contributed by atoms with E-state index in [1.54, 1.807) is 6.20 Å². The summed E-state index contributed by atoms with van der Waals surface area (Å²) in [5, 5.41) is 17.8. The van der Waals surface area contributed by atoms with E-state index in [1.165, 1.54) is 0 Å². The van der Waals surface area contributed by atoms with Crippen LogP contribution in [0.3, 0.4) is 0 Å². The minimum Gasteiger partial charge on any atom is -0.444 e. The summed E-state index contributed by atoms with van der Waals surface area (Å²) in [5.74, 6) is 0.446. The van der Waals surface area contributed by atoms with E-state index >= 15 is 0 Å². The number of benzene rings is 1. The van der Waals surface area contributed by atoms with Crippen LogP contribution in [0.2, 0.25) is 5.02 Å². The highest BCUT2D eigenvalue weighted by Gasteiger charge is 2.24. The van der Waals surface area contributed by atoms with E-state index in [2.05, 4.69) is 15.6 Å². The van der Waals surface area contributed by atoms with Gasteiger partial charge < -0.3 is 20.5 Å². The van der Waals surface area contributed by atoms with Gasteiger partial charge in [0.2, 0.25) is 0 Å². The fraction of sp³-hybridized carbons (Fsp3) is 0.545. The van der Waals surface area contributed by atoms with E-state index in [0.717, 1.165) is 47.8 Å². The van der Waals surface area contributed by atoms with Crippen molar-refractivity contribution in [3.63, 3.8) is 0 Å². The first-order valence-electron chi connectivity index (χ1n) is 10.2. The maximum absolute atomic E-state index is 11.8. The van der Waals surface area contributed by atoms with Crippen LogP contribution >= 0.6 is 11.6 Å². The Bertz CT molecular complexity index is 858. The molecule has 0 aliphatic heterocycles. The minimum atomic E-state index is -0.480. The number of nitrogens with one attached hydrogen (secondary N) is 2. The van der Waals surface area contributed by atoms with Crippen molar-refractivity contribution in [2.24, 2.45) is 5.92 Å². The van der Waals surface area contributed by atoms with Crippen molar-refractivity contribution in [3.05, 3.63) is 35.0 Å². The molecule has 0 atom stereocenters. The predicted molar refractivity (Wildman–Crippen MR) is 116 cm³/mol. The van der Waals surface area contributed by atoms with E-state index in [-0.39, 0.29) is 12.7 Å². The number of hydrogen-bond donors (Lipinski definition) is 3. The van der Waals surface area contributed by atoms with Gasteiger partial charge in [-0.1, -0.05) is 11.6 Å². The fourth-order valence-corrected chi connectivity index (χ4v) is 3.93. The molecule has 1 aromatic carbocycles. The topological polar surface area (TPSA) is 83.5 Å². The quantitative estimate of drug-likeness (QED) is 0.643. The molecule has 1 heterocycles. The summed E-state index contributed by atoms with van der Waals surface area (Å²) in [5.41, 5.74) is 2.06. The molecule has 0 bridgehead atoms. The van der Waals surface area contributed by atoms with Gasteiger partial charge in [0.25, 0.3) is 0 Å². The smallest absolute Gasteiger partial charge is 0.407 e. The van der Waals surface area contributed by atoms with E-state index < -0.39 is 5.60 Å². The first-order chi connectivity index (χ1) is 13.7. The van der Waals surface area contributed by atoms with Gasteiger partial charge in [-0.2, -0.15) is 0 Å². The van der Waals surface area contributed by atoms with E-state index in [4.69, 9.17) is 16.3 Å². The van der Waals surface area contributed by atoms with Crippen molar-refractivity contribution in [2.45, 2.75) is 64.7 Å². The second-order valence-corrected chi connectivity index (χ2v) is 9.16. The normalized spacial score (nSPS) is 19.8. The van der Waals surface area contributed by atoms with Crippen LogP contribution in [0, 0.1) is 5.92 Å². The number of carbonyl (C=O) groups excluding carboxylic acids is 1. The van der Waals surface area contributed by atoms with Crippen molar-refractivity contribution in [3.8, 4) is 0 Å². The number of alkyl carbamates (subject to hydrolysis) is 1. The van der Waals surface area contributed by atoms with Crippen LogP contribution in [0.1, 0.15) is 52.0 Å². The lowest BCUT2D eigenvalue weighted by molar-refractivity contribution is 0.0515. The van der Waals surface area contributed by atoms with Gasteiger partial charge in [-0.3, -0.25) is 4.98 Å². The van der Waals surface area contributed by atoms with Crippen LogP contribution in [0.5, 0.6) is 0 Å². The number of aliphatic hydroxyl groups excluding tert-OH is 1. The van der Waals surface area contributed by atoms with E-state index in [0.29, 0.717) is 23.5 Å². The average Bonchev–Trinajstić information content (AvgIpc) is 2.66. The molecule has 158 valence electrons. The molecule has 6 nitrogen and oxygen atoms in total. The maximum atomic E-state index is 11.8. The third-order valence-corrected chi connectivity index (χ3v) is 5.44. The zero-order chi connectivity index (χ0) is 21.0. The Balaban J connectivity index is 1.58. The fourth-order valence-electron chi connectivity index (χ4n) is 3.75. The number of hydrogen-bond acceptors (Lipinski definition) is 5. The van der Waals surface area contributed by atoms with Gasteiger partial charge in [-0.05, 0) is 70.6 Å². The number of pyridine rings is 1. The van der Waals surface area contributed by atoms with Crippen LogP contribution in [0.4, 0.5) is 10.5 Å². The molecule has 1 amide bonds. The monoisotopic (exact) mass is 419 g/mol.